The Kier molecular flexibility index (Phi) is 7.39. The number of aromatic nitrogens is 3. The SMILES string of the molecule is Cc1cc(OCc2nc(SCC(=O)NC(C)(C)CC(C)(C)C)n[nH]2)ccc1Cl. The molecule has 0 saturated carbocycles. The van der Waals surface area contributed by atoms with Crippen LogP contribution >= 0.6 is 23.4 Å². The van der Waals surface area contributed by atoms with Crippen molar-refractivity contribution < 1.29 is 9.53 Å². The number of hydrogen-bond donors (Lipinski definition) is 2. The Morgan fingerprint density at radius 1 is 1.29 bits per heavy atom. The van der Waals surface area contributed by atoms with Crippen LogP contribution in [0.2, 0.25) is 5.02 Å². The Balaban J connectivity index is 1.80. The number of rotatable bonds is 8. The minimum Gasteiger partial charge on any atom is -0.486 e. The molecule has 6 nitrogen and oxygen atoms in total. The van der Waals surface area contributed by atoms with E-state index in [-0.39, 0.29) is 29.2 Å². The van der Waals surface area contributed by atoms with Gasteiger partial charge >= 0.3 is 0 Å². The van der Waals surface area contributed by atoms with Crippen LogP contribution < -0.4 is 10.1 Å². The van der Waals surface area contributed by atoms with Crippen LogP contribution in [0.4, 0.5) is 0 Å². The zero-order chi connectivity index (χ0) is 20.9. The first-order chi connectivity index (χ1) is 12.9. The van der Waals surface area contributed by atoms with Gasteiger partial charge in [0.2, 0.25) is 11.1 Å². The number of carbonyl (C=O) groups is 1. The zero-order valence-corrected chi connectivity index (χ0v) is 18.9. The lowest BCUT2D eigenvalue weighted by Gasteiger charge is -2.33. The third-order valence-corrected chi connectivity index (χ3v) is 5.07. The van der Waals surface area contributed by atoms with E-state index in [1.165, 1.54) is 11.8 Å². The van der Waals surface area contributed by atoms with Crippen LogP contribution in [0, 0.1) is 12.3 Å². The molecule has 2 aromatic rings. The standard InChI is InChI=1S/C20H29ClN4O2S/c1-13-9-14(7-8-15(13)21)27-10-16-22-18(25-24-16)28-11-17(26)23-20(5,6)12-19(2,3)4/h7-9H,10-12H2,1-6H3,(H,23,26)(H,22,24,25). The van der Waals surface area contributed by atoms with E-state index < -0.39 is 0 Å². The maximum atomic E-state index is 12.3. The van der Waals surface area contributed by atoms with Crippen LogP contribution in [0.5, 0.6) is 5.75 Å². The third kappa shape index (κ3) is 7.72. The van der Waals surface area contributed by atoms with E-state index in [2.05, 4.69) is 41.3 Å². The van der Waals surface area contributed by atoms with Gasteiger partial charge in [0, 0.05) is 10.6 Å². The number of halogens is 1. The third-order valence-electron chi connectivity index (χ3n) is 3.80. The fourth-order valence-corrected chi connectivity index (χ4v) is 3.91. The molecule has 154 valence electrons. The molecule has 0 bridgehead atoms. The molecule has 1 heterocycles. The molecule has 2 rings (SSSR count). The van der Waals surface area contributed by atoms with Gasteiger partial charge in [-0.3, -0.25) is 9.89 Å². The lowest BCUT2D eigenvalue weighted by atomic mass is 9.82. The molecule has 0 aliphatic rings. The average molecular weight is 425 g/mol. The van der Waals surface area contributed by atoms with Crippen molar-refractivity contribution in [1.82, 2.24) is 20.5 Å². The van der Waals surface area contributed by atoms with Gasteiger partial charge in [-0.25, -0.2) is 4.98 Å². The monoisotopic (exact) mass is 424 g/mol. The van der Waals surface area contributed by atoms with Gasteiger partial charge in [-0.05, 0) is 56.4 Å². The van der Waals surface area contributed by atoms with Crippen molar-refractivity contribution in [2.45, 2.75) is 65.3 Å². The van der Waals surface area contributed by atoms with Gasteiger partial charge in [0.05, 0.1) is 5.75 Å². The lowest BCUT2D eigenvalue weighted by Crippen LogP contribution is -2.46. The molecule has 0 atom stereocenters. The predicted molar refractivity (Wildman–Crippen MR) is 114 cm³/mol. The molecule has 1 aromatic heterocycles. The topological polar surface area (TPSA) is 79.9 Å². The van der Waals surface area contributed by atoms with Crippen LogP contribution in [0.25, 0.3) is 0 Å². The van der Waals surface area contributed by atoms with Crippen LogP contribution in [-0.2, 0) is 11.4 Å². The largest absolute Gasteiger partial charge is 0.486 e. The highest BCUT2D eigenvalue weighted by atomic mass is 35.5. The summed E-state index contributed by atoms with van der Waals surface area (Å²) in [6.07, 6.45) is 0.892. The van der Waals surface area contributed by atoms with Crippen molar-refractivity contribution in [3.8, 4) is 5.75 Å². The molecular weight excluding hydrogens is 396 g/mol. The minimum absolute atomic E-state index is 0.0292. The number of nitrogens with one attached hydrogen (secondary N) is 2. The van der Waals surface area contributed by atoms with Gasteiger partial charge in [0.1, 0.15) is 12.4 Å². The van der Waals surface area contributed by atoms with E-state index in [9.17, 15) is 4.79 Å². The summed E-state index contributed by atoms with van der Waals surface area (Å²) < 4.78 is 5.70. The highest BCUT2D eigenvalue weighted by molar-refractivity contribution is 7.99. The van der Waals surface area contributed by atoms with Crippen LogP contribution in [0.1, 0.15) is 52.4 Å². The molecule has 8 heteroatoms. The number of aromatic amines is 1. The first-order valence-electron chi connectivity index (χ1n) is 9.18. The van der Waals surface area contributed by atoms with E-state index >= 15 is 0 Å². The molecule has 0 spiro atoms. The first kappa shape index (κ1) is 22.6. The summed E-state index contributed by atoms with van der Waals surface area (Å²) in [6.45, 7) is 12.8. The second-order valence-corrected chi connectivity index (χ2v) is 10.1. The predicted octanol–water partition coefficient (Wildman–Crippen LogP) is 4.77. The molecule has 1 amide bonds. The summed E-state index contributed by atoms with van der Waals surface area (Å²) >= 11 is 7.31. The van der Waals surface area contributed by atoms with Crippen LogP contribution in [0.15, 0.2) is 23.4 Å². The van der Waals surface area contributed by atoms with Crippen molar-refractivity contribution >= 4 is 29.3 Å². The summed E-state index contributed by atoms with van der Waals surface area (Å²) in [4.78, 5) is 16.6. The second-order valence-electron chi connectivity index (χ2n) is 8.72. The number of aryl methyl sites for hydroxylation is 1. The Morgan fingerprint density at radius 2 is 2.00 bits per heavy atom. The normalized spacial score (nSPS) is 12.1. The Morgan fingerprint density at radius 3 is 2.64 bits per heavy atom. The van der Waals surface area contributed by atoms with Crippen molar-refractivity contribution in [2.75, 3.05) is 5.75 Å². The second kappa shape index (κ2) is 9.18. The molecule has 0 aliphatic heterocycles. The molecule has 0 unspecified atom stereocenters. The molecule has 28 heavy (non-hydrogen) atoms. The van der Waals surface area contributed by atoms with Gasteiger partial charge in [0.25, 0.3) is 0 Å². The highest BCUT2D eigenvalue weighted by Crippen LogP contribution is 2.27. The highest BCUT2D eigenvalue weighted by Gasteiger charge is 2.27. The van der Waals surface area contributed by atoms with E-state index in [0.29, 0.717) is 21.8 Å². The van der Waals surface area contributed by atoms with Crippen molar-refractivity contribution in [3.63, 3.8) is 0 Å². The summed E-state index contributed by atoms with van der Waals surface area (Å²) in [6, 6.07) is 5.48. The molecule has 2 N–H and O–H groups in total. The van der Waals surface area contributed by atoms with Crippen LogP contribution in [-0.4, -0.2) is 32.4 Å². The van der Waals surface area contributed by atoms with Gasteiger partial charge in [-0.15, -0.1) is 5.10 Å². The lowest BCUT2D eigenvalue weighted by molar-refractivity contribution is -0.120. The van der Waals surface area contributed by atoms with E-state index in [0.717, 1.165) is 12.0 Å². The number of benzene rings is 1. The Bertz CT molecular complexity index is 815. The Hall–Kier alpha value is -1.73. The van der Waals surface area contributed by atoms with E-state index in [1.807, 2.05) is 32.9 Å². The average Bonchev–Trinajstić information content (AvgIpc) is 2.99. The van der Waals surface area contributed by atoms with Gasteiger partial charge in [-0.1, -0.05) is 44.1 Å². The number of hydrogen-bond acceptors (Lipinski definition) is 5. The number of nitrogens with zero attached hydrogens (tertiary/aromatic N) is 2. The van der Waals surface area contributed by atoms with Crippen molar-refractivity contribution in [1.29, 1.82) is 0 Å². The van der Waals surface area contributed by atoms with E-state index in [4.69, 9.17) is 16.3 Å². The minimum atomic E-state index is -0.259. The Labute approximate surface area is 176 Å². The van der Waals surface area contributed by atoms with Crippen molar-refractivity contribution in [3.05, 3.63) is 34.6 Å². The molecule has 0 fully saturated rings. The fourth-order valence-electron chi connectivity index (χ4n) is 3.18. The summed E-state index contributed by atoms with van der Waals surface area (Å²) in [5, 5.41) is 11.3. The number of amides is 1. The summed E-state index contributed by atoms with van der Waals surface area (Å²) in [7, 11) is 0. The smallest absolute Gasteiger partial charge is 0.230 e. The fraction of sp³-hybridized carbons (Fsp3) is 0.550. The first-order valence-corrected chi connectivity index (χ1v) is 10.5. The summed E-state index contributed by atoms with van der Waals surface area (Å²) in [5.74, 6) is 1.55. The quantitative estimate of drug-likeness (QED) is 0.596. The molecule has 0 radical (unpaired) electrons. The van der Waals surface area contributed by atoms with Crippen LogP contribution in [0.3, 0.4) is 0 Å². The maximum Gasteiger partial charge on any atom is 0.230 e. The maximum absolute atomic E-state index is 12.3. The number of ether oxygens (including phenoxy) is 1. The molecule has 0 aliphatic carbocycles. The van der Waals surface area contributed by atoms with E-state index in [1.54, 1.807) is 6.07 Å². The molecule has 0 saturated heterocycles. The number of H-pyrrole nitrogens is 1. The molecular formula is C20H29ClN4O2S. The zero-order valence-electron chi connectivity index (χ0n) is 17.4. The number of thioether (sulfide) groups is 1. The summed E-state index contributed by atoms with van der Waals surface area (Å²) in [5.41, 5.74) is 0.837. The number of carbonyl (C=O) groups excluding carboxylic acids is 1. The van der Waals surface area contributed by atoms with Gasteiger partial charge in [-0.2, -0.15) is 0 Å². The van der Waals surface area contributed by atoms with Gasteiger partial charge in [0.15, 0.2) is 5.82 Å². The molecule has 1 aromatic carbocycles. The van der Waals surface area contributed by atoms with Gasteiger partial charge < -0.3 is 10.1 Å². The van der Waals surface area contributed by atoms with Crippen molar-refractivity contribution in [2.24, 2.45) is 5.41 Å².